The van der Waals surface area contributed by atoms with Crippen molar-refractivity contribution in [1.29, 1.82) is 0 Å². The fraction of sp³-hybridized carbons (Fsp3) is 0.438. The van der Waals surface area contributed by atoms with E-state index in [-0.39, 0.29) is 23.3 Å². The van der Waals surface area contributed by atoms with Crippen molar-refractivity contribution >= 4 is 15.9 Å². The Morgan fingerprint density at radius 3 is 2.65 bits per heavy atom. The van der Waals surface area contributed by atoms with Crippen LogP contribution < -0.4 is 15.9 Å². The smallest absolute Gasteiger partial charge is 0.266 e. The number of hydrogen-bond donors (Lipinski definition) is 0. The first-order valence-electron chi connectivity index (χ1n) is 7.61. The summed E-state index contributed by atoms with van der Waals surface area (Å²) < 4.78 is 9.80. The van der Waals surface area contributed by atoms with Crippen LogP contribution in [0.25, 0.3) is 0 Å². The van der Waals surface area contributed by atoms with Gasteiger partial charge in [0.05, 0.1) is 16.6 Å². The quantitative estimate of drug-likeness (QED) is 0.820. The SMILES string of the molecule is Cn1cc(Br)c(O[C@H]2CC[C@H](n3ncccc3=O)CC2)cc1=O. The van der Waals surface area contributed by atoms with Gasteiger partial charge in [-0.15, -0.1) is 0 Å². The minimum absolute atomic E-state index is 0.0501. The van der Waals surface area contributed by atoms with Crippen LogP contribution in [-0.4, -0.2) is 20.5 Å². The molecule has 0 amide bonds. The summed E-state index contributed by atoms with van der Waals surface area (Å²) in [5.74, 6) is 0.576. The molecule has 0 bridgehead atoms. The first-order valence-corrected chi connectivity index (χ1v) is 8.40. The lowest BCUT2D eigenvalue weighted by molar-refractivity contribution is 0.127. The number of rotatable bonds is 3. The summed E-state index contributed by atoms with van der Waals surface area (Å²) >= 11 is 3.43. The van der Waals surface area contributed by atoms with E-state index in [1.807, 2.05) is 0 Å². The van der Waals surface area contributed by atoms with Gasteiger partial charge in [-0.25, -0.2) is 4.68 Å². The predicted octanol–water partition coefficient (Wildman–Crippen LogP) is 2.27. The first-order chi connectivity index (χ1) is 11.0. The lowest BCUT2D eigenvalue weighted by Gasteiger charge is -2.29. The number of hydrogen-bond acceptors (Lipinski definition) is 4. The molecule has 0 saturated heterocycles. The van der Waals surface area contributed by atoms with E-state index in [4.69, 9.17) is 4.74 Å². The van der Waals surface area contributed by atoms with E-state index in [2.05, 4.69) is 21.0 Å². The standard InChI is InChI=1S/C16H18BrN3O3/c1-19-10-13(17)14(9-16(19)22)23-12-6-4-11(5-7-12)20-15(21)3-2-8-18-20/h2-3,8-12H,4-7H2,1H3/t11-,12-. The third kappa shape index (κ3) is 3.55. The Labute approximate surface area is 141 Å². The molecule has 0 N–H and O–H groups in total. The van der Waals surface area contributed by atoms with E-state index >= 15 is 0 Å². The van der Waals surface area contributed by atoms with Crippen molar-refractivity contribution in [2.45, 2.75) is 37.8 Å². The zero-order chi connectivity index (χ0) is 16.4. The topological polar surface area (TPSA) is 66.1 Å². The molecule has 0 aromatic carbocycles. The third-order valence-electron chi connectivity index (χ3n) is 4.17. The third-order valence-corrected chi connectivity index (χ3v) is 4.77. The molecule has 7 heteroatoms. The summed E-state index contributed by atoms with van der Waals surface area (Å²) in [6.45, 7) is 0. The molecule has 0 aliphatic heterocycles. The van der Waals surface area contributed by atoms with Gasteiger partial charge in [-0.2, -0.15) is 5.10 Å². The van der Waals surface area contributed by atoms with Crippen molar-refractivity contribution in [3.8, 4) is 5.75 Å². The molecule has 0 unspecified atom stereocenters. The number of nitrogens with zero attached hydrogens (tertiary/aromatic N) is 3. The van der Waals surface area contributed by atoms with Crippen LogP contribution in [0.3, 0.4) is 0 Å². The first kappa shape index (κ1) is 16.0. The van der Waals surface area contributed by atoms with Crippen LogP contribution in [0.1, 0.15) is 31.7 Å². The van der Waals surface area contributed by atoms with Gasteiger partial charge in [0, 0.05) is 31.6 Å². The molecule has 0 spiro atoms. The number of pyridine rings is 1. The molecule has 0 atom stereocenters. The zero-order valence-corrected chi connectivity index (χ0v) is 14.4. The van der Waals surface area contributed by atoms with Gasteiger partial charge in [-0.3, -0.25) is 9.59 Å². The van der Waals surface area contributed by atoms with Gasteiger partial charge in [-0.05, 0) is 47.7 Å². The molecule has 122 valence electrons. The highest BCUT2D eigenvalue weighted by molar-refractivity contribution is 9.10. The van der Waals surface area contributed by atoms with Crippen molar-refractivity contribution in [1.82, 2.24) is 14.3 Å². The number of aryl methyl sites for hydroxylation is 1. The lowest BCUT2D eigenvalue weighted by atomic mass is 9.93. The molecule has 6 nitrogen and oxygen atoms in total. The van der Waals surface area contributed by atoms with Crippen LogP contribution in [0.2, 0.25) is 0 Å². The van der Waals surface area contributed by atoms with E-state index < -0.39 is 0 Å². The van der Waals surface area contributed by atoms with E-state index in [1.54, 1.807) is 30.2 Å². The van der Waals surface area contributed by atoms with E-state index in [0.29, 0.717) is 5.75 Å². The second kappa shape index (κ2) is 6.70. The lowest BCUT2D eigenvalue weighted by Crippen LogP contribution is -2.32. The molecule has 1 fully saturated rings. The summed E-state index contributed by atoms with van der Waals surface area (Å²) in [5.41, 5.74) is -0.164. The van der Waals surface area contributed by atoms with Crippen molar-refractivity contribution in [3.63, 3.8) is 0 Å². The number of halogens is 1. The van der Waals surface area contributed by atoms with E-state index in [1.165, 1.54) is 16.7 Å². The Morgan fingerprint density at radius 1 is 1.22 bits per heavy atom. The maximum atomic E-state index is 11.8. The second-order valence-corrected chi connectivity index (χ2v) is 6.64. The molecule has 2 aromatic heterocycles. The van der Waals surface area contributed by atoms with Crippen LogP contribution in [0.15, 0.2) is 44.7 Å². The molecular weight excluding hydrogens is 362 g/mol. The van der Waals surface area contributed by atoms with Crippen molar-refractivity contribution < 1.29 is 4.74 Å². The number of ether oxygens (including phenoxy) is 1. The summed E-state index contributed by atoms with van der Waals surface area (Å²) in [6.07, 6.45) is 6.73. The molecule has 2 heterocycles. The Hall–Kier alpha value is -1.89. The average Bonchev–Trinajstić information content (AvgIpc) is 2.54. The fourth-order valence-corrected chi connectivity index (χ4v) is 3.42. The molecule has 1 saturated carbocycles. The molecule has 1 aliphatic rings. The highest BCUT2D eigenvalue weighted by atomic mass is 79.9. The van der Waals surface area contributed by atoms with Crippen LogP contribution in [0, 0.1) is 0 Å². The molecular formula is C16H18BrN3O3. The Bertz CT molecular complexity index is 807. The second-order valence-electron chi connectivity index (χ2n) is 5.79. The van der Waals surface area contributed by atoms with Gasteiger partial charge in [0.1, 0.15) is 5.75 Å². The molecule has 3 rings (SSSR count). The largest absolute Gasteiger partial charge is 0.489 e. The van der Waals surface area contributed by atoms with Gasteiger partial charge in [0.15, 0.2) is 0 Å². The summed E-state index contributed by atoms with van der Waals surface area (Å²) in [5, 5.41) is 4.16. The van der Waals surface area contributed by atoms with Gasteiger partial charge >= 0.3 is 0 Å². The van der Waals surface area contributed by atoms with E-state index in [0.717, 1.165) is 30.2 Å². The zero-order valence-electron chi connectivity index (χ0n) is 12.8. The molecule has 2 aromatic rings. The van der Waals surface area contributed by atoms with Crippen LogP contribution in [0.4, 0.5) is 0 Å². The van der Waals surface area contributed by atoms with Gasteiger partial charge in [0.2, 0.25) is 0 Å². The fourth-order valence-electron chi connectivity index (χ4n) is 2.90. The van der Waals surface area contributed by atoms with Crippen LogP contribution in [-0.2, 0) is 7.05 Å². The normalized spacial score (nSPS) is 21.1. The average molecular weight is 380 g/mol. The van der Waals surface area contributed by atoms with Gasteiger partial charge in [-0.1, -0.05) is 0 Å². The van der Waals surface area contributed by atoms with Crippen LogP contribution >= 0.6 is 15.9 Å². The highest BCUT2D eigenvalue weighted by Gasteiger charge is 2.25. The predicted molar refractivity (Wildman–Crippen MR) is 89.8 cm³/mol. The van der Waals surface area contributed by atoms with Gasteiger partial charge < -0.3 is 9.30 Å². The monoisotopic (exact) mass is 379 g/mol. The summed E-state index contributed by atoms with van der Waals surface area (Å²) in [7, 11) is 1.70. The molecule has 0 radical (unpaired) electrons. The van der Waals surface area contributed by atoms with Crippen molar-refractivity contribution in [2.24, 2.45) is 7.05 Å². The van der Waals surface area contributed by atoms with Gasteiger partial charge in [0.25, 0.3) is 11.1 Å². The summed E-state index contributed by atoms with van der Waals surface area (Å²) in [6, 6.07) is 4.81. The Morgan fingerprint density at radius 2 is 1.96 bits per heavy atom. The van der Waals surface area contributed by atoms with Crippen LogP contribution in [0.5, 0.6) is 5.75 Å². The summed E-state index contributed by atoms with van der Waals surface area (Å²) in [4.78, 5) is 23.6. The Balaban J connectivity index is 1.66. The molecule has 1 aliphatic carbocycles. The molecule has 23 heavy (non-hydrogen) atoms. The minimum Gasteiger partial charge on any atom is -0.489 e. The number of aromatic nitrogens is 3. The van der Waals surface area contributed by atoms with Crippen molar-refractivity contribution in [2.75, 3.05) is 0 Å². The highest BCUT2D eigenvalue weighted by Crippen LogP contribution is 2.31. The van der Waals surface area contributed by atoms with E-state index in [9.17, 15) is 9.59 Å². The minimum atomic E-state index is -0.100. The van der Waals surface area contributed by atoms with Crippen molar-refractivity contribution in [3.05, 3.63) is 55.8 Å². The maximum Gasteiger partial charge on any atom is 0.266 e. The Kier molecular flexibility index (Phi) is 4.66. The maximum absolute atomic E-state index is 11.8.